The van der Waals surface area contributed by atoms with E-state index in [0.717, 1.165) is 16.7 Å². The third-order valence-corrected chi connectivity index (χ3v) is 6.25. The normalized spacial score (nSPS) is 22.1. The second kappa shape index (κ2) is 10.5. The molecule has 2 aromatic carbocycles. The highest BCUT2D eigenvalue weighted by Gasteiger charge is 2.54. The maximum absolute atomic E-state index is 11.8. The SMILES string of the molecule is COC(OC)C1(C)Oc2ccc(NS(C)(=O)=O)cc2C(N(C#N)C(N)=NCc2ccccc2)C1O. The van der Waals surface area contributed by atoms with E-state index in [4.69, 9.17) is 19.9 Å². The van der Waals surface area contributed by atoms with Crippen molar-refractivity contribution in [2.75, 3.05) is 25.2 Å². The molecule has 2 aromatic rings. The number of nitrogens with zero attached hydrogens (tertiary/aromatic N) is 3. The van der Waals surface area contributed by atoms with Gasteiger partial charge in [-0.25, -0.2) is 18.3 Å². The molecule has 188 valence electrons. The zero-order chi connectivity index (χ0) is 25.8. The Morgan fingerprint density at radius 3 is 2.54 bits per heavy atom. The number of nitrogens with one attached hydrogen (secondary N) is 1. The van der Waals surface area contributed by atoms with Gasteiger partial charge in [0.1, 0.15) is 17.9 Å². The molecule has 3 rings (SSSR count). The minimum atomic E-state index is -3.58. The van der Waals surface area contributed by atoms with Crippen molar-refractivity contribution in [3.63, 3.8) is 0 Å². The number of methoxy groups -OCH3 is 2. The number of rotatable bonds is 8. The van der Waals surface area contributed by atoms with Gasteiger partial charge in [-0.2, -0.15) is 5.26 Å². The Labute approximate surface area is 204 Å². The minimum absolute atomic E-state index is 0.136. The molecule has 35 heavy (non-hydrogen) atoms. The summed E-state index contributed by atoms with van der Waals surface area (Å²) in [5, 5.41) is 21.6. The van der Waals surface area contributed by atoms with E-state index in [0.29, 0.717) is 5.56 Å². The standard InChI is InChI=1S/C23H29N5O6S/c1-23(21(32-2)33-3)20(29)19(17-12-16(27-35(4,30)31)10-11-18(17)34-23)28(14-24)22(25)26-13-15-8-6-5-7-9-15/h5-12,19-21,27,29H,13H2,1-4H3,(H2,25,26). The number of aliphatic imine (C=N–C) groups is 1. The van der Waals surface area contributed by atoms with Crippen LogP contribution in [0.3, 0.4) is 0 Å². The lowest BCUT2D eigenvalue weighted by molar-refractivity contribution is -0.241. The van der Waals surface area contributed by atoms with Crippen molar-refractivity contribution in [3.05, 3.63) is 59.7 Å². The Balaban J connectivity index is 2.11. The summed E-state index contributed by atoms with van der Waals surface area (Å²) in [6.45, 7) is 1.80. The van der Waals surface area contributed by atoms with Crippen molar-refractivity contribution < 1.29 is 27.7 Å². The van der Waals surface area contributed by atoms with E-state index in [1.54, 1.807) is 6.92 Å². The quantitative estimate of drug-likeness (QED) is 0.160. The van der Waals surface area contributed by atoms with Crippen LogP contribution in [0.5, 0.6) is 5.75 Å². The van der Waals surface area contributed by atoms with E-state index in [1.165, 1.54) is 32.4 Å². The number of anilines is 1. The van der Waals surface area contributed by atoms with Gasteiger partial charge in [0.2, 0.25) is 16.0 Å². The zero-order valence-electron chi connectivity index (χ0n) is 19.9. The summed E-state index contributed by atoms with van der Waals surface area (Å²) in [6, 6.07) is 12.8. The summed E-state index contributed by atoms with van der Waals surface area (Å²) in [4.78, 5) is 5.40. The van der Waals surface area contributed by atoms with Crippen LogP contribution in [0.25, 0.3) is 0 Å². The first kappa shape index (κ1) is 26.2. The fourth-order valence-corrected chi connectivity index (χ4v) is 4.61. The number of benzene rings is 2. The molecule has 1 aliphatic rings. The number of ether oxygens (including phenoxy) is 3. The van der Waals surface area contributed by atoms with Crippen molar-refractivity contribution in [2.45, 2.75) is 37.5 Å². The summed E-state index contributed by atoms with van der Waals surface area (Å²) < 4.78 is 42.8. The van der Waals surface area contributed by atoms with E-state index in [9.17, 15) is 18.8 Å². The predicted octanol–water partition coefficient (Wildman–Crippen LogP) is 1.53. The molecule has 3 unspecified atom stereocenters. The number of aliphatic hydroxyl groups excluding tert-OH is 1. The first-order valence-electron chi connectivity index (χ1n) is 10.6. The van der Waals surface area contributed by atoms with Crippen LogP contribution in [-0.2, 0) is 26.0 Å². The second-order valence-corrected chi connectivity index (χ2v) is 9.98. The summed E-state index contributed by atoms with van der Waals surface area (Å²) >= 11 is 0. The smallest absolute Gasteiger partial charge is 0.229 e. The molecule has 0 bridgehead atoms. The molecule has 0 spiro atoms. The Kier molecular flexibility index (Phi) is 7.86. The average Bonchev–Trinajstić information content (AvgIpc) is 2.81. The van der Waals surface area contributed by atoms with Crippen LogP contribution in [0.1, 0.15) is 24.1 Å². The van der Waals surface area contributed by atoms with Crippen LogP contribution in [0.15, 0.2) is 53.5 Å². The summed E-state index contributed by atoms with van der Waals surface area (Å²) in [5.74, 6) is 0.153. The molecule has 1 heterocycles. The van der Waals surface area contributed by atoms with Crippen molar-refractivity contribution >= 4 is 21.7 Å². The van der Waals surface area contributed by atoms with Gasteiger partial charge < -0.3 is 25.1 Å². The molecule has 11 nitrogen and oxygen atoms in total. The summed E-state index contributed by atoms with van der Waals surface area (Å²) in [7, 11) is -0.781. The Morgan fingerprint density at radius 1 is 1.31 bits per heavy atom. The molecule has 3 atom stereocenters. The van der Waals surface area contributed by atoms with Gasteiger partial charge >= 0.3 is 0 Å². The molecule has 0 radical (unpaired) electrons. The van der Waals surface area contributed by atoms with E-state index in [1.807, 2.05) is 36.5 Å². The largest absolute Gasteiger partial charge is 0.479 e. The van der Waals surface area contributed by atoms with E-state index in [-0.39, 0.29) is 23.9 Å². The summed E-state index contributed by atoms with van der Waals surface area (Å²) in [5.41, 5.74) is 6.20. The number of hydrogen-bond acceptors (Lipinski definition) is 8. The number of aliphatic hydroxyl groups is 1. The van der Waals surface area contributed by atoms with Gasteiger partial charge in [0.25, 0.3) is 0 Å². The number of sulfonamides is 1. The third kappa shape index (κ3) is 5.66. The fourth-order valence-electron chi connectivity index (χ4n) is 4.05. The van der Waals surface area contributed by atoms with E-state index < -0.39 is 34.1 Å². The fraction of sp³-hybridized carbons (Fsp3) is 0.391. The van der Waals surface area contributed by atoms with Crippen LogP contribution in [0.4, 0.5) is 5.69 Å². The number of hydrogen-bond donors (Lipinski definition) is 3. The number of nitriles is 1. The summed E-state index contributed by atoms with van der Waals surface area (Å²) in [6.07, 6.45) is 0.606. The average molecular weight is 504 g/mol. The van der Waals surface area contributed by atoms with Gasteiger partial charge in [-0.05, 0) is 30.7 Å². The van der Waals surface area contributed by atoms with Crippen molar-refractivity contribution in [1.29, 1.82) is 5.26 Å². The number of nitrogens with two attached hydrogens (primary N) is 1. The van der Waals surface area contributed by atoms with Crippen LogP contribution in [0.2, 0.25) is 0 Å². The van der Waals surface area contributed by atoms with Crippen molar-refractivity contribution in [1.82, 2.24) is 4.90 Å². The number of fused-ring (bicyclic) bond motifs is 1. The molecule has 1 aliphatic heterocycles. The van der Waals surface area contributed by atoms with Crippen molar-refractivity contribution in [3.8, 4) is 11.9 Å². The monoisotopic (exact) mass is 503 g/mol. The molecule has 0 saturated carbocycles. The molecule has 0 aromatic heterocycles. The Morgan fingerprint density at radius 2 is 1.97 bits per heavy atom. The van der Waals surface area contributed by atoms with Gasteiger partial charge in [0.05, 0.1) is 12.8 Å². The zero-order valence-corrected chi connectivity index (χ0v) is 20.7. The first-order valence-corrected chi connectivity index (χ1v) is 12.5. The van der Waals surface area contributed by atoms with Gasteiger partial charge in [0, 0.05) is 25.5 Å². The van der Waals surface area contributed by atoms with Crippen LogP contribution in [-0.4, -0.2) is 62.9 Å². The molecule has 4 N–H and O–H groups in total. The highest BCUT2D eigenvalue weighted by atomic mass is 32.2. The lowest BCUT2D eigenvalue weighted by atomic mass is 9.83. The minimum Gasteiger partial charge on any atom is -0.479 e. The second-order valence-electron chi connectivity index (χ2n) is 8.24. The predicted molar refractivity (Wildman–Crippen MR) is 130 cm³/mol. The van der Waals surface area contributed by atoms with Gasteiger partial charge in [-0.1, -0.05) is 30.3 Å². The van der Waals surface area contributed by atoms with E-state index in [2.05, 4.69) is 9.71 Å². The lowest BCUT2D eigenvalue weighted by Crippen LogP contribution is -2.62. The molecule has 0 amide bonds. The topological polar surface area (TPSA) is 159 Å². The maximum atomic E-state index is 11.8. The molecule has 0 fully saturated rings. The van der Waals surface area contributed by atoms with Crippen LogP contribution >= 0.6 is 0 Å². The highest BCUT2D eigenvalue weighted by Crippen LogP contribution is 2.45. The highest BCUT2D eigenvalue weighted by molar-refractivity contribution is 7.92. The molecule has 0 saturated heterocycles. The third-order valence-electron chi connectivity index (χ3n) is 5.64. The van der Waals surface area contributed by atoms with Gasteiger partial charge in [0.15, 0.2) is 18.1 Å². The van der Waals surface area contributed by atoms with E-state index >= 15 is 0 Å². The molecular formula is C23H29N5O6S. The molecule has 0 aliphatic carbocycles. The van der Waals surface area contributed by atoms with Crippen LogP contribution in [0, 0.1) is 11.5 Å². The van der Waals surface area contributed by atoms with Gasteiger partial charge in [-0.3, -0.25) is 4.72 Å². The Hall–Kier alpha value is -3.37. The van der Waals surface area contributed by atoms with Crippen molar-refractivity contribution in [2.24, 2.45) is 10.7 Å². The Bertz CT molecular complexity index is 1210. The first-order chi connectivity index (χ1) is 16.5. The van der Waals surface area contributed by atoms with Gasteiger partial charge in [-0.15, -0.1) is 0 Å². The lowest BCUT2D eigenvalue weighted by Gasteiger charge is -2.48. The molecular weight excluding hydrogens is 474 g/mol. The maximum Gasteiger partial charge on any atom is 0.229 e. The molecule has 12 heteroatoms. The van der Waals surface area contributed by atoms with Crippen LogP contribution < -0.4 is 15.2 Å². The number of guanidine groups is 1.